The second-order valence-electron chi connectivity index (χ2n) is 2.80. The summed E-state index contributed by atoms with van der Waals surface area (Å²) < 4.78 is 0. The maximum atomic E-state index is 11.3. The third-order valence-corrected chi connectivity index (χ3v) is 1.60. The number of nitrogens with zero attached hydrogens (tertiary/aromatic N) is 2. The van der Waals surface area contributed by atoms with E-state index in [1.54, 1.807) is 0 Å². The zero-order valence-electron chi connectivity index (χ0n) is 8.77. The maximum Gasteiger partial charge on any atom is 0.322 e. The fourth-order valence-electron chi connectivity index (χ4n) is 0.829. The van der Waals surface area contributed by atoms with E-state index in [2.05, 4.69) is 31.7 Å². The molecule has 10 heteroatoms. The summed E-state index contributed by atoms with van der Waals surface area (Å²) in [6.45, 7) is -0.536. The largest absolute Gasteiger partial charge is 0.480 e. The molecular weight excluding hydrogens is 232 g/mol. The highest BCUT2D eigenvalue weighted by Crippen LogP contribution is 1.84. The number of hydrazone groups is 2. The molecule has 2 amide bonds. The van der Waals surface area contributed by atoms with Crippen LogP contribution in [-0.4, -0.2) is 48.2 Å². The van der Waals surface area contributed by atoms with Crippen LogP contribution in [0.1, 0.15) is 0 Å². The quantitative estimate of drug-likeness (QED) is 0.350. The summed E-state index contributed by atoms with van der Waals surface area (Å²) in [5.74, 6) is -2.79. The Hall–Kier alpha value is -2.65. The molecule has 1 aliphatic rings. The number of aliphatic carboxylic acids is 1. The van der Waals surface area contributed by atoms with Crippen molar-refractivity contribution in [3.63, 3.8) is 0 Å². The van der Waals surface area contributed by atoms with E-state index < -0.39 is 24.3 Å². The third-order valence-electron chi connectivity index (χ3n) is 1.60. The van der Waals surface area contributed by atoms with Crippen LogP contribution in [-0.2, 0) is 14.4 Å². The first-order chi connectivity index (χ1) is 8.04. The number of likely N-dealkylation sites (N-methyl/N-ethyl adjacent to an activating group) is 1. The van der Waals surface area contributed by atoms with E-state index >= 15 is 0 Å². The molecule has 92 valence electrons. The van der Waals surface area contributed by atoms with Crippen LogP contribution in [0.2, 0.25) is 0 Å². The van der Waals surface area contributed by atoms with Gasteiger partial charge in [-0.3, -0.25) is 25.2 Å². The first kappa shape index (κ1) is 12.4. The predicted molar refractivity (Wildman–Crippen MR) is 55.9 cm³/mol. The summed E-state index contributed by atoms with van der Waals surface area (Å²) in [4.78, 5) is 32.5. The number of carbonyl (C=O) groups is 3. The Bertz CT molecular complexity index is 415. The molecule has 1 aliphatic heterocycles. The molecule has 0 spiro atoms. The Morgan fingerprint density at radius 1 is 1.18 bits per heavy atom. The molecule has 0 atom stereocenters. The topological polar surface area (TPSA) is 144 Å². The smallest absolute Gasteiger partial charge is 0.322 e. The highest BCUT2D eigenvalue weighted by atomic mass is 16.4. The van der Waals surface area contributed by atoms with Crippen molar-refractivity contribution in [2.24, 2.45) is 10.2 Å². The Kier molecular flexibility index (Phi) is 3.97. The van der Waals surface area contributed by atoms with Crippen molar-refractivity contribution in [1.29, 1.82) is 0 Å². The third kappa shape index (κ3) is 3.44. The lowest BCUT2D eigenvalue weighted by Crippen LogP contribution is -2.48. The number of amides is 2. The molecule has 10 nitrogen and oxygen atoms in total. The fraction of sp³-hybridized carbons (Fsp3) is 0.286. The first-order valence-electron chi connectivity index (χ1n) is 4.44. The minimum Gasteiger partial charge on any atom is -0.480 e. The molecule has 0 fully saturated rings. The van der Waals surface area contributed by atoms with Crippen LogP contribution in [0.5, 0.6) is 0 Å². The molecule has 1 heterocycles. The van der Waals surface area contributed by atoms with Gasteiger partial charge in [0, 0.05) is 7.05 Å². The normalized spacial score (nSPS) is 13.5. The van der Waals surface area contributed by atoms with E-state index in [0.717, 1.165) is 0 Å². The van der Waals surface area contributed by atoms with Gasteiger partial charge in [-0.25, -0.2) is 0 Å². The summed E-state index contributed by atoms with van der Waals surface area (Å²) in [5, 5.41) is 19.8. The number of amidine groups is 2. The number of carboxylic acids is 1. The summed E-state index contributed by atoms with van der Waals surface area (Å²) in [7, 11) is 1.41. The van der Waals surface area contributed by atoms with Crippen molar-refractivity contribution >= 4 is 29.5 Å². The summed E-state index contributed by atoms with van der Waals surface area (Å²) in [6, 6.07) is 0. The van der Waals surface area contributed by atoms with Crippen molar-refractivity contribution in [3.05, 3.63) is 0 Å². The van der Waals surface area contributed by atoms with Crippen molar-refractivity contribution in [2.45, 2.75) is 0 Å². The van der Waals surface area contributed by atoms with Crippen LogP contribution < -0.4 is 21.5 Å². The Morgan fingerprint density at radius 3 is 2.12 bits per heavy atom. The van der Waals surface area contributed by atoms with Crippen LogP contribution in [0.4, 0.5) is 0 Å². The van der Waals surface area contributed by atoms with Gasteiger partial charge in [-0.2, -0.15) is 0 Å². The second-order valence-corrected chi connectivity index (χ2v) is 2.80. The van der Waals surface area contributed by atoms with Gasteiger partial charge in [-0.1, -0.05) is 0 Å². The van der Waals surface area contributed by atoms with Crippen molar-refractivity contribution in [3.8, 4) is 0 Å². The molecule has 5 N–H and O–H groups in total. The standard InChI is InChI=1S/C7H10N6O4/c1-8-6(16)4-10-12-5(13-11-4)7(17)9-2-3(14)15/h2H2,1H3,(H,8,16)(H,9,17)(H,10,11)(H,12,13)(H,14,15). The average Bonchev–Trinajstić information content (AvgIpc) is 2.35. The Morgan fingerprint density at radius 2 is 1.71 bits per heavy atom. The molecule has 17 heavy (non-hydrogen) atoms. The van der Waals surface area contributed by atoms with Crippen molar-refractivity contribution < 1.29 is 19.5 Å². The average molecular weight is 242 g/mol. The molecule has 0 radical (unpaired) electrons. The second kappa shape index (κ2) is 5.44. The van der Waals surface area contributed by atoms with Crippen LogP contribution in [0, 0.1) is 0 Å². The first-order valence-corrected chi connectivity index (χ1v) is 4.44. The Balaban J connectivity index is 2.50. The molecule has 0 aromatic rings. The van der Waals surface area contributed by atoms with Gasteiger partial charge in [-0.15, -0.1) is 10.2 Å². The highest BCUT2D eigenvalue weighted by molar-refractivity contribution is 6.42. The van der Waals surface area contributed by atoms with Crippen LogP contribution >= 0.6 is 0 Å². The Labute approximate surface area is 95.1 Å². The van der Waals surface area contributed by atoms with E-state index in [0.29, 0.717) is 0 Å². The lowest BCUT2D eigenvalue weighted by atomic mass is 10.5. The van der Waals surface area contributed by atoms with Gasteiger partial charge in [-0.05, 0) is 0 Å². The summed E-state index contributed by atoms with van der Waals surface area (Å²) >= 11 is 0. The zero-order chi connectivity index (χ0) is 12.8. The number of carbonyl (C=O) groups excluding carboxylic acids is 2. The number of hydrogen-bond donors (Lipinski definition) is 5. The van der Waals surface area contributed by atoms with E-state index in [4.69, 9.17) is 5.11 Å². The lowest BCUT2D eigenvalue weighted by Gasteiger charge is -2.12. The van der Waals surface area contributed by atoms with Gasteiger partial charge >= 0.3 is 5.97 Å². The van der Waals surface area contributed by atoms with Crippen molar-refractivity contribution in [1.82, 2.24) is 21.5 Å². The molecule has 1 rings (SSSR count). The summed E-state index contributed by atoms with van der Waals surface area (Å²) in [5.41, 5.74) is 4.46. The van der Waals surface area contributed by atoms with Crippen LogP contribution in [0.25, 0.3) is 0 Å². The molecule has 0 unspecified atom stereocenters. The van der Waals surface area contributed by atoms with Gasteiger partial charge < -0.3 is 15.7 Å². The molecular formula is C7H10N6O4. The molecule has 0 aromatic heterocycles. The van der Waals surface area contributed by atoms with Gasteiger partial charge in [0.1, 0.15) is 6.54 Å². The number of rotatable bonds is 4. The van der Waals surface area contributed by atoms with E-state index in [-0.39, 0.29) is 11.7 Å². The van der Waals surface area contributed by atoms with Gasteiger partial charge in [0.15, 0.2) is 0 Å². The van der Waals surface area contributed by atoms with E-state index in [1.807, 2.05) is 0 Å². The monoisotopic (exact) mass is 242 g/mol. The minimum atomic E-state index is -1.18. The SMILES string of the molecule is CNC(=O)C1=NNC(C(=O)NCC(=O)O)=NN1. The predicted octanol–water partition coefficient (Wildman–Crippen LogP) is -3.25. The number of nitrogens with one attached hydrogen (secondary N) is 4. The van der Waals surface area contributed by atoms with Crippen molar-refractivity contribution in [2.75, 3.05) is 13.6 Å². The number of hydrogen-bond acceptors (Lipinski definition) is 7. The lowest BCUT2D eigenvalue weighted by molar-refractivity contribution is -0.137. The summed E-state index contributed by atoms with van der Waals surface area (Å²) in [6.07, 6.45) is 0. The van der Waals surface area contributed by atoms with Gasteiger partial charge in [0.2, 0.25) is 11.7 Å². The number of carboxylic acid groups (broad SMARTS) is 1. The maximum absolute atomic E-state index is 11.3. The van der Waals surface area contributed by atoms with E-state index in [9.17, 15) is 14.4 Å². The molecule has 0 bridgehead atoms. The van der Waals surface area contributed by atoms with E-state index in [1.165, 1.54) is 7.05 Å². The van der Waals surface area contributed by atoms with Crippen LogP contribution in [0.3, 0.4) is 0 Å². The fourth-order valence-corrected chi connectivity index (χ4v) is 0.829. The molecule has 0 aliphatic carbocycles. The molecule has 0 aromatic carbocycles. The molecule has 0 saturated carbocycles. The molecule has 0 saturated heterocycles. The highest BCUT2D eigenvalue weighted by Gasteiger charge is 2.18. The van der Waals surface area contributed by atoms with Gasteiger partial charge in [0.05, 0.1) is 0 Å². The van der Waals surface area contributed by atoms with Crippen LogP contribution in [0.15, 0.2) is 10.2 Å². The van der Waals surface area contributed by atoms with Gasteiger partial charge in [0.25, 0.3) is 11.8 Å². The zero-order valence-corrected chi connectivity index (χ0v) is 8.77. The minimum absolute atomic E-state index is 0.109.